The Hall–Kier alpha value is -2.01. The zero-order chi connectivity index (χ0) is 21.3. The van der Waals surface area contributed by atoms with Gasteiger partial charge in [0.1, 0.15) is 5.82 Å². The molecule has 0 unspecified atom stereocenters. The fraction of sp³-hybridized carbons (Fsp3) is 0.300. The Morgan fingerprint density at radius 1 is 1.03 bits per heavy atom. The Kier molecular flexibility index (Phi) is 6.27. The maximum Gasteiger partial charge on any atom is 0.255 e. The molecule has 2 aromatic rings. The van der Waals surface area contributed by atoms with Gasteiger partial charge in [-0.1, -0.05) is 0 Å². The van der Waals surface area contributed by atoms with Gasteiger partial charge in [0.15, 0.2) is 15.6 Å². The summed E-state index contributed by atoms with van der Waals surface area (Å²) in [6.07, 6.45) is 1.11. The molecule has 0 N–H and O–H groups in total. The van der Waals surface area contributed by atoms with Crippen molar-refractivity contribution in [2.75, 3.05) is 37.3 Å². The van der Waals surface area contributed by atoms with Gasteiger partial charge in [-0.25, -0.2) is 12.8 Å². The number of sulfone groups is 1. The highest BCUT2D eigenvalue weighted by atomic mass is 127. The number of ketones is 1. The molecule has 1 amide bonds. The Bertz CT molecular complexity index is 1080. The van der Waals surface area contributed by atoms with Crippen molar-refractivity contribution in [1.29, 1.82) is 0 Å². The summed E-state index contributed by atoms with van der Waals surface area (Å²) in [5.41, 5.74) is 1.06. The molecule has 0 radical (unpaired) electrons. The van der Waals surface area contributed by atoms with Crippen molar-refractivity contribution in [3.05, 3.63) is 56.9 Å². The van der Waals surface area contributed by atoms with E-state index in [-0.39, 0.29) is 16.6 Å². The minimum Gasteiger partial charge on any atom is -0.366 e. The average molecular weight is 530 g/mol. The zero-order valence-corrected chi connectivity index (χ0v) is 19.0. The van der Waals surface area contributed by atoms with E-state index in [4.69, 9.17) is 0 Å². The third-order valence-electron chi connectivity index (χ3n) is 4.86. The van der Waals surface area contributed by atoms with Crippen LogP contribution in [0.15, 0.2) is 41.3 Å². The van der Waals surface area contributed by atoms with Crippen LogP contribution in [0.5, 0.6) is 0 Å². The SMILES string of the molecule is CC(=O)c1ccc(N2CCN(C(=O)c3cc(S(C)(=O)=O)ccc3I)CC2)c(F)c1. The Balaban J connectivity index is 1.74. The molecule has 154 valence electrons. The Morgan fingerprint density at radius 2 is 1.69 bits per heavy atom. The average Bonchev–Trinajstić information content (AvgIpc) is 2.67. The van der Waals surface area contributed by atoms with E-state index >= 15 is 0 Å². The Morgan fingerprint density at radius 3 is 2.24 bits per heavy atom. The van der Waals surface area contributed by atoms with E-state index in [0.29, 0.717) is 46.6 Å². The van der Waals surface area contributed by atoms with Gasteiger partial charge in [-0.2, -0.15) is 0 Å². The van der Waals surface area contributed by atoms with Gasteiger partial charge >= 0.3 is 0 Å². The molecule has 0 atom stereocenters. The lowest BCUT2D eigenvalue weighted by Gasteiger charge is -2.36. The van der Waals surface area contributed by atoms with E-state index in [2.05, 4.69) is 0 Å². The van der Waals surface area contributed by atoms with Gasteiger partial charge in [-0.3, -0.25) is 9.59 Å². The van der Waals surface area contributed by atoms with E-state index in [9.17, 15) is 22.4 Å². The number of Topliss-reactive ketones (excluding diaryl/α,β-unsaturated/α-hetero) is 1. The normalized spacial score (nSPS) is 14.8. The van der Waals surface area contributed by atoms with Crippen molar-refractivity contribution in [3.8, 4) is 0 Å². The lowest BCUT2D eigenvalue weighted by molar-refractivity contribution is 0.0745. The summed E-state index contributed by atoms with van der Waals surface area (Å²) in [6, 6.07) is 8.92. The molecule has 1 fully saturated rings. The largest absolute Gasteiger partial charge is 0.366 e. The monoisotopic (exact) mass is 530 g/mol. The van der Waals surface area contributed by atoms with Gasteiger partial charge in [-0.05, 0) is 65.9 Å². The third kappa shape index (κ3) is 4.77. The lowest BCUT2D eigenvalue weighted by Crippen LogP contribution is -2.49. The highest BCUT2D eigenvalue weighted by Gasteiger charge is 2.26. The molecule has 29 heavy (non-hydrogen) atoms. The predicted molar refractivity (Wildman–Crippen MR) is 117 cm³/mol. The molecule has 1 aliphatic heterocycles. The fourth-order valence-electron chi connectivity index (χ4n) is 3.20. The summed E-state index contributed by atoms with van der Waals surface area (Å²) in [5.74, 6) is -0.906. The first-order valence-corrected chi connectivity index (χ1v) is 11.9. The first-order valence-electron chi connectivity index (χ1n) is 8.92. The maximum absolute atomic E-state index is 14.4. The van der Waals surface area contributed by atoms with E-state index in [1.807, 2.05) is 27.5 Å². The molecule has 2 aromatic carbocycles. The summed E-state index contributed by atoms with van der Waals surface area (Å²) in [6.45, 7) is 3.02. The standard InChI is InChI=1S/C20H20FIN2O4S/c1-13(25)14-3-6-19(17(21)11-14)23-7-9-24(10-8-23)20(26)16-12-15(29(2,27)28)4-5-18(16)22/h3-6,11-12H,7-10H2,1-2H3. The summed E-state index contributed by atoms with van der Waals surface area (Å²) in [5, 5.41) is 0. The molecule has 1 aliphatic rings. The van der Waals surface area contributed by atoms with Gasteiger partial charge in [0.05, 0.1) is 16.1 Å². The van der Waals surface area contributed by atoms with Crippen LogP contribution in [0.2, 0.25) is 0 Å². The number of benzene rings is 2. The van der Waals surface area contributed by atoms with E-state index in [1.54, 1.807) is 23.1 Å². The molecular weight excluding hydrogens is 510 g/mol. The number of halogens is 2. The number of carbonyl (C=O) groups is 2. The molecule has 1 saturated heterocycles. The van der Waals surface area contributed by atoms with Crippen LogP contribution >= 0.6 is 22.6 Å². The second-order valence-electron chi connectivity index (χ2n) is 6.92. The number of rotatable bonds is 4. The van der Waals surface area contributed by atoms with Gasteiger partial charge in [0.25, 0.3) is 5.91 Å². The summed E-state index contributed by atoms with van der Waals surface area (Å²) >= 11 is 2.01. The molecule has 6 nitrogen and oxygen atoms in total. The Labute approximate surface area is 182 Å². The number of anilines is 1. The molecule has 0 aliphatic carbocycles. The van der Waals surface area contributed by atoms with Crippen LogP contribution in [0.3, 0.4) is 0 Å². The number of nitrogens with zero attached hydrogens (tertiary/aromatic N) is 2. The highest BCUT2D eigenvalue weighted by molar-refractivity contribution is 14.1. The smallest absolute Gasteiger partial charge is 0.255 e. The number of hydrogen-bond donors (Lipinski definition) is 0. The van der Waals surface area contributed by atoms with Crippen molar-refractivity contribution in [2.45, 2.75) is 11.8 Å². The topological polar surface area (TPSA) is 74.8 Å². The van der Waals surface area contributed by atoms with Gasteiger partial charge in [0, 0.05) is 41.6 Å². The van der Waals surface area contributed by atoms with E-state index < -0.39 is 15.7 Å². The molecule has 3 rings (SSSR count). The van der Waals surface area contributed by atoms with Gasteiger partial charge in [-0.15, -0.1) is 0 Å². The van der Waals surface area contributed by atoms with Crippen LogP contribution in [0, 0.1) is 9.39 Å². The fourth-order valence-corrected chi connectivity index (χ4v) is 4.42. The predicted octanol–water partition coefficient (Wildman–Crippen LogP) is 3.00. The number of amides is 1. The molecule has 1 heterocycles. The molecular formula is C20H20FIN2O4S. The van der Waals surface area contributed by atoms with Crippen molar-refractivity contribution >= 4 is 49.8 Å². The minimum absolute atomic E-state index is 0.104. The van der Waals surface area contributed by atoms with Crippen molar-refractivity contribution in [3.63, 3.8) is 0 Å². The minimum atomic E-state index is -3.41. The van der Waals surface area contributed by atoms with E-state index in [0.717, 1.165) is 6.26 Å². The van der Waals surface area contributed by atoms with Crippen LogP contribution in [0.25, 0.3) is 0 Å². The van der Waals surface area contributed by atoms with Crippen LogP contribution in [-0.2, 0) is 9.84 Å². The lowest BCUT2D eigenvalue weighted by atomic mass is 10.1. The summed E-state index contributed by atoms with van der Waals surface area (Å²) < 4.78 is 38.7. The van der Waals surface area contributed by atoms with E-state index in [1.165, 1.54) is 25.1 Å². The third-order valence-corrected chi connectivity index (χ3v) is 6.91. The van der Waals surface area contributed by atoms with Crippen LogP contribution < -0.4 is 4.90 Å². The van der Waals surface area contributed by atoms with Crippen LogP contribution in [0.4, 0.5) is 10.1 Å². The van der Waals surface area contributed by atoms with Gasteiger partial charge in [0.2, 0.25) is 0 Å². The first kappa shape index (κ1) is 21.7. The van der Waals surface area contributed by atoms with Crippen molar-refractivity contribution < 1.29 is 22.4 Å². The molecule has 0 aromatic heterocycles. The maximum atomic E-state index is 14.4. The summed E-state index contributed by atoms with van der Waals surface area (Å²) in [7, 11) is -3.41. The number of hydrogen-bond acceptors (Lipinski definition) is 5. The molecule has 0 spiro atoms. The van der Waals surface area contributed by atoms with Crippen LogP contribution in [0.1, 0.15) is 27.6 Å². The second-order valence-corrected chi connectivity index (χ2v) is 10.1. The number of piperazine rings is 1. The molecule has 9 heteroatoms. The van der Waals surface area contributed by atoms with Crippen molar-refractivity contribution in [2.24, 2.45) is 0 Å². The number of carbonyl (C=O) groups excluding carboxylic acids is 2. The molecule has 0 saturated carbocycles. The molecule has 0 bridgehead atoms. The zero-order valence-electron chi connectivity index (χ0n) is 16.0. The van der Waals surface area contributed by atoms with Crippen molar-refractivity contribution in [1.82, 2.24) is 4.90 Å². The summed E-state index contributed by atoms with van der Waals surface area (Å²) in [4.78, 5) is 27.9. The first-order chi connectivity index (χ1) is 13.6. The second kappa shape index (κ2) is 8.39. The highest BCUT2D eigenvalue weighted by Crippen LogP contribution is 2.24. The van der Waals surface area contributed by atoms with Crippen LogP contribution in [-0.4, -0.2) is 57.4 Å². The quantitative estimate of drug-likeness (QED) is 0.449. The van der Waals surface area contributed by atoms with Gasteiger partial charge < -0.3 is 9.80 Å².